The second-order valence-corrected chi connectivity index (χ2v) is 4.71. The average Bonchev–Trinajstić information content (AvgIpc) is 2.29. The summed E-state index contributed by atoms with van der Waals surface area (Å²) in [6, 6.07) is 2.51. The van der Waals surface area contributed by atoms with E-state index in [1.807, 2.05) is 6.07 Å². The van der Waals surface area contributed by atoms with Gasteiger partial charge < -0.3 is 11.1 Å². The van der Waals surface area contributed by atoms with Crippen LogP contribution in [0.1, 0.15) is 51.5 Å². The SMILES string of the molecule is CCCCC(CCC)Nc1ncc(N)cc1C. The van der Waals surface area contributed by atoms with Crippen molar-refractivity contribution in [1.29, 1.82) is 0 Å². The van der Waals surface area contributed by atoms with Gasteiger partial charge in [-0.05, 0) is 31.4 Å². The Morgan fingerprint density at radius 2 is 2.06 bits per heavy atom. The first-order valence-corrected chi connectivity index (χ1v) is 6.66. The van der Waals surface area contributed by atoms with Crippen molar-refractivity contribution in [2.45, 2.75) is 58.9 Å². The van der Waals surface area contributed by atoms with Gasteiger partial charge in [0.15, 0.2) is 0 Å². The molecule has 96 valence electrons. The van der Waals surface area contributed by atoms with Crippen LogP contribution in [-0.2, 0) is 0 Å². The third-order valence-electron chi connectivity index (χ3n) is 2.98. The molecule has 0 saturated heterocycles. The Bertz CT molecular complexity index is 336. The molecule has 0 radical (unpaired) electrons. The lowest BCUT2D eigenvalue weighted by Gasteiger charge is -2.19. The summed E-state index contributed by atoms with van der Waals surface area (Å²) >= 11 is 0. The number of rotatable bonds is 7. The van der Waals surface area contributed by atoms with Crippen molar-refractivity contribution >= 4 is 11.5 Å². The second kappa shape index (κ2) is 7.15. The third kappa shape index (κ3) is 4.63. The predicted octanol–water partition coefficient (Wildman–Crippen LogP) is 3.74. The number of hydrogen-bond donors (Lipinski definition) is 2. The first-order chi connectivity index (χ1) is 8.17. The largest absolute Gasteiger partial charge is 0.397 e. The summed E-state index contributed by atoms with van der Waals surface area (Å²) in [7, 11) is 0. The van der Waals surface area contributed by atoms with Gasteiger partial charge in [0.05, 0.1) is 11.9 Å². The molecule has 3 heteroatoms. The molecule has 0 spiro atoms. The summed E-state index contributed by atoms with van der Waals surface area (Å²) in [6.07, 6.45) is 7.86. The zero-order valence-electron chi connectivity index (χ0n) is 11.3. The van der Waals surface area contributed by atoms with Crippen molar-refractivity contribution in [2.75, 3.05) is 11.1 Å². The topological polar surface area (TPSA) is 50.9 Å². The Kier molecular flexibility index (Phi) is 5.81. The molecule has 0 saturated carbocycles. The number of aryl methyl sites for hydroxylation is 1. The number of aromatic nitrogens is 1. The van der Waals surface area contributed by atoms with Crippen molar-refractivity contribution in [2.24, 2.45) is 0 Å². The van der Waals surface area contributed by atoms with Gasteiger partial charge in [-0.1, -0.05) is 33.1 Å². The highest BCUT2D eigenvalue weighted by Gasteiger charge is 2.09. The van der Waals surface area contributed by atoms with Gasteiger partial charge in [-0.15, -0.1) is 0 Å². The smallest absolute Gasteiger partial charge is 0.129 e. The molecule has 1 atom stereocenters. The van der Waals surface area contributed by atoms with Crippen LogP contribution in [0.4, 0.5) is 11.5 Å². The summed E-state index contributed by atoms with van der Waals surface area (Å²) in [5, 5.41) is 3.54. The minimum Gasteiger partial charge on any atom is -0.397 e. The van der Waals surface area contributed by atoms with E-state index in [9.17, 15) is 0 Å². The standard InChI is InChI=1S/C14H25N3/c1-4-6-8-13(7-5-2)17-14-11(3)9-12(15)10-16-14/h9-10,13H,4-8,15H2,1-3H3,(H,16,17). The van der Waals surface area contributed by atoms with Crippen molar-refractivity contribution in [3.8, 4) is 0 Å². The van der Waals surface area contributed by atoms with E-state index in [0.717, 1.165) is 17.1 Å². The number of nitrogens with two attached hydrogens (primary N) is 1. The van der Waals surface area contributed by atoms with Crippen molar-refractivity contribution < 1.29 is 0 Å². The lowest BCUT2D eigenvalue weighted by molar-refractivity contribution is 0.562. The molecule has 1 unspecified atom stereocenters. The average molecular weight is 235 g/mol. The summed E-state index contributed by atoms with van der Waals surface area (Å²) in [6.45, 7) is 6.51. The Balaban J connectivity index is 2.64. The van der Waals surface area contributed by atoms with Gasteiger partial charge in [0.1, 0.15) is 5.82 Å². The summed E-state index contributed by atoms with van der Waals surface area (Å²) in [5.74, 6) is 0.980. The number of nitrogens with one attached hydrogen (secondary N) is 1. The minimum atomic E-state index is 0.537. The molecule has 0 aromatic carbocycles. The molecule has 0 aliphatic rings. The van der Waals surface area contributed by atoms with Crippen LogP contribution in [0.2, 0.25) is 0 Å². The molecule has 1 heterocycles. The zero-order valence-corrected chi connectivity index (χ0v) is 11.3. The maximum atomic E-state index is 5.71. The third-order valence-corrected chi connectivity index (χ3v) is 2.98. The molecule has 0 fully saturated rings. The number of nitrogen functional groups attached to an aromatic ring is 1. The van der Waals surface area contributed by atoms with E-state index in [1.54, 1.807) is 6.20 Å². The first-order valence-electron chi connectivity index (χ1n) is 6.66. The molecule has 3 N–H and O–H groups in total. The van der Waals surface area contributed by atoms with E-state index >= 15 is 0 Å². The van der Waals surface area contributed by atoms with Crippen molar-refractivity contribution in [3.05, 3.63) is 17.8 Å². The minimum absolute atomic E-state index is 0.537. The van der Waals surface area contributed by atoms with E-state index in [1.165, 1.54) is 32.1 Å². The number of unbranched alkanes of at least 4 members (excludes halogenated alkanes) is 1. The highest BCUT2D eigenvalue weighted by molar-refractivity contribution is 5.51. The monoisotopic (exact) mass is 235 g/mol. The highest BCUT2D eigenvalue weighted by Crippen LogP contribution is 2.18. The summed E-state index contributed by atoms with van der Waals surface area (Å²) in [4.78, 5) is 4.37. The van der Waals surface area contributed by atoms with Gasteiger partial charge in [0.2, 0.25) is 0 Å². The molecule has 17 heavy (non-hydrogen) atoms. The van der Waals surface area contributed by atoms with Gasteiger partial charge in [0.25, 0.3) is 0 Å². The summed E-state index contributed by atoms with van der Waals surface area (Å²) < 4.78 is 0. The second-order valence-electron chi connectivity index (χ2n) is 4.71. The van der Waals surface area contributed by atoms with Gasteiger partial charge >= 0.3 is 0 Å². The van der Waals surface area contributed by atoms with Crippen LogP contribution < -0.4 is 11.1 Å². The van der Waals surface area contributed by atoms with Crippen LogP contribution >= 0.6 is 0 Å². The molecule has 0 amide bonds. The van der Waals surface area contributed by atoms with Gasteiger partial charge in [-0.3, -0.25) is 0 Å². The Hall–Kier alpha value is -1.25. The first kappa shape index (κ1) is 13.8. The maximum Gasteiger partial charge on any atom is 0.129 e. The summed E-state index contributed by atoms with van der Waals surface area (Å²) in [5.41, 5.74) is 7.56. The Morgan fingerprint density at radius 1 is 1.29 bits per heavy atom. The molecule has 1 rings (SSSR count). The molecular weight excluding hydrogens is 210 g/mol. The predicted molar refractivity (Wildman–Crippen MR) is 75.2 cm³/mol. The van der Waals surface area contributed by atoms with E-state index in [4.69, 9.17) is 5.73 Å². The fourth-order valence-electron chi connectivity index (χ4n) is 2.03. The molecular formula is C14H25N3. The molecule has 1 aromatic rings. The van der Waals surface area contributed by atoms with Crippen LogP contribution in [0.25, 0.3) is 0 Å². The van der Waals surface area contributed by atoms with Crippen LogP contribution in [0.15, 0.2) is 12.3 Å². The molecule has 1 aromatic heterocycles. The van der Waals surface area contributed by atoms with E-state index in [2.05, 4.69) is 31.1 Å². The Labute approximate surface area is 105 Å². The van der Waals surface area contributed by atoms with Crippen LogP contribution in [0.3, 0.4) is 0 Å². The normalized spacial score (nSPS) is 12.4. The fraction of sp³-hybridized carbons (Fsp3) is 0.643. The zero-order chi connectivity index (χ0) is 12.7. The maximum absolute atomic E-state index is 5.71. The molecule has 0 aliphatic heterocycles. The van der Waals surface area contributed by atoms with Gasteiger partial charge in [0, 0.05) is 6.04 Å². The van der Waals surface area contributed by atoms with E-state index < -0.39 is 0 Å². The number of pyridine rings is 1. The quantitative estimate of drug-likeness (QED) is 0.757. The molecule has 3 nitrogen and oxygen atoms in total. The van der Waals surface area contributed by atoms with Crippen molar-refractivity contribution in [3.63, 3.8) is 0 Å². The van der Waals surface area contributed by atoms with E-state index in [-0.39, 0.29) is 0 Å². The van der Waals surface area contributed by atoms with Crippen LogP contribution in [0, 0.1) is 6.92 Å². The molecule has 0 aliphatic carbocycles. The van der Waals surface area contributed by atoms with E-state index in [0.29, 0.717) is 6.04 Å². The number of nitrogens with zero attached hydrogens (tertiary/aromatic N) is 1. The highest BCUT2D eigenvalue weighted by atomic mass is 15.0. The van der Waals surface area contributed by atoms with Gasteiger partial charge in [-0.2, -0.15) is 0 Å². The van der Waals surface area contributed by atoms with Crippen LogP contribution in [0.5, 0.6) is 0 Å². The Morgan fingerprint density at radius 3 is 2.65 bits per heavy atom. The lowest BCUT2D eigenvalue weighted by Crippen LogP contribution is -2.20. The van der Waals surface area contributed by atoms with Gasteiger partial charge in [-0.25, -0.2) is 4.98 Å². The lowest BCUT2D eigenvalue weighted by atomic mass is 10.0. The van der Waals surface area contributed by atoms with Crippen molar-refractivity contribution in [1.82, 2.24) is 4.98 Å². The van der Waals surface area contributed by atoms with Crippen LogP contribution in [-0.4, -0.2) is 11.0 Å². The fourth-order valence-corrected chi connectivity index (χ4v) is 2.03. The number of anilines is 2. The number of hydrogen-bond acceptors (Lipinski definition) is 3. The molecule has 0 bridgehead atoms.